The molecule has 0 aliphatic rings. The number of rotatable bonds is 3. The van der Waals surface area contributed by atoms with Gasteiger partial charge in [-0.1, -0.05) is 0 Å². The van der Waals surface area contributed by atoms with Crippen LogP contribution in [0.3, 0.4) is 0 Å². The molecule has 0 bridgehead atoms. The van der Waals surface area contributed by atoms with Crippen molar-refractivity contribution in [3.8, 4) is 11.8 Å². The van der Waals surface area contributed by atoms with E-state index in [4.69, 9.17) is 21.6 Å². The highest BCUT2D eigenvalue weighted by Gasteiger charge is 2.39. The summed E-state index contributed by atoms with van der Waals surface area (Å²) in [6, 6.07) is 3.49. The Morgan fingerprint density at radius 1 is 1.50 bits per heavy atom. The van der Waals surface area contributed by atoms with Gasteiger partial charge in [0, 0.05) is 0 Å². The first-order chi connectivity index (χ1) is 8.36. The molecular formula is C11H7ClF3NO2. The highest BCUT2D eigenvalue weighted by molar-refractivity contribution is 6.31. The quantitative estimate of drug-likeness (QED) is 0.630. The molecule has 0 unspecified atom stereocenters. The van der Waals surface area contributed by atoms with Gasteiger partial charge in [-0.05, 0) is 12.1 Å². The maximum atomic E-state index is 12.9. The Hall–Kier alpha value is -1.74. The number of alkyl halides is 4. The largest absolute Gasteiger partial charge is 0.496 e. The van der Waals surface area contributed by atoms with Crippen LogP contribution in [0.2, 0.25) is 0 Å². The third-order valence-corrected chi connectivity index (χ3v) is 2.43. The molecule has 0 heterocycles. The number of ether oxygens (including phenoxy) is 1. The fraction of sp³-hybridized carbons (Fsp3) is 0.273. The first-order valence-corrected chi connectivity index (χ1v) is 5.17. The topological polar surface area (TPSA) is 50.1 Å². The molecule has 0 aliphatic heterocycles. The molecule has 7 heteroatoms. The molecular weight excluding hydrogens is 271 g/mol. The van der Waals surface area contributed by atoms with E-state index in [9.17, 15) is 18.0 Å². The second-order valence-corrected chi connectivity index (χ2v) is 3.50. The Morgan fingerprint density at radius 3 is 2.50 bits per heavy atom. The summed E-state index contributed by atoms with van der Waals surface area (Å²) in [5.74, 6) is -1.83. The van der Waals surface area contributed by atoms with Crippen LogP contribution < -0.4 is 4.74 Å². The molecule has 0 amide bonds. The summed E-state index contributed by atoms with van der Waals surface area (Å²) in [5, 5.41) is 8.69. The van der Waals surface area contributed by atoms with Crippen LogP contribution in [0.4, 0.5) is 13.2 Å². The van der Waals surface area contributed by atoms with Gasteiger partial charge in [0.25, 0.3) is 0 Å². The zero-order valence-electron chi connectivity index (χ0n) is 9.14. The summed E-state index contributed by atoms with van der Waals surface area (Å²) >= 11 is 5.28. The van der Waals surface area contributed by atoms with E-state index in [2.05, 4.69) is 0 Å². The molecule has 1 aromatic carbocycles. The summed E-state index contributed by atoms with van der Waals surface area (Å²) in [4.78, 5) is 11.5. The minimum absolute atomic E-state index is 0.257. The van der Waals surface area contributed by atoms with Gasteiger partial charge in [0.15, 0.2) is 5.78 Å². The molecule has 0 saturated heterocycles. The van der Waals surface area contributed by atoms with Crippen LogP contribution in [0.5, 0.6) is 5.75 Å². The molecule has 0 fully saturated rings. The summed E-state index contributed by atoms with van der Waals surface area (Å²) in [5.41, 5.74) is -2.66. The fourth-order valence-electron chi connectivity index (χ4n) is 1.48. The van der Waals surface area contributed by atoms with Crippen LogP contribution in [0.15, 0.2) is 12.1 Å². The van der Waals surface area contributed by atoms with Crippen molar-refractivity contribution in [3.05, 3.63) is 28.8 Å². The maximum Gasteiger partial charge on any atom is 0.418 e. The monoisotopic (exact) mass is 277 g/mol. The van der Waals surface area contributed by atoms with Crippen molar-refractivity contribution >= 4 is 17.4 Å². The summed E-state index contributed by atoms with van der Waals surface area (Å²) in [6.45, 7) is 0. The molecule has 0 saturated carbocycles. The lowest BCUT2D eigenvalue weighted by Crippen LogP contribution is -2.17. The standard InChI is InChI=1S/C11H7ClF3NO2/c1-18-8-3-2-6(5-16)10(11(13,14)15)9(8)7(17)4-12/h2-3H,4H2,1H3. The first kappa shape index (κ1) is 14.3. The second-order valence-electron chi connectivity index (χ2n) is 3.23. The lowest BCUT2D eigenvalue weighted by atomic mass is 9.97. The van der Waals surface area contributed by atoms with E-state index < -0.39 is 34.5 Å². The Bertz CT molecular complexity index is 520. The van der Waals surface area contributed by atoms with Crippen LogP contribution >= 0.6 is 11.6 Å². The zero-order chi connectivity index (χ0) is 13.9. The van der Waals surface area contributed by atoms with Gasteiger partial charge in [-0.25, -0.2) is 0 Å². The predicted octanol–water partition coefficient (Wildman–Crippen LogP) is 3.01. The number of hydrogen-bond acceptors (Lipinski definition) is 3. The maximum absolute atomic E-state index is 12.9. The van der Waals surface area contributed by atoms with E-state index >= 15 is 0 Å². The van der Waals surface area contributed by atoms with E-state index in [-0.39, 0.29) is 5.75 Å². The molecule has 0 N–H and O–H groups in total. The number of carbonyl (C=O) groups excluding carboxylic acids is 1. The summed E-state index contributed by atoms with van der Waals surface area (Å²) < 4.78 is 43.4. The van der Waals surface area contributed by atoms with E-state index in [0.29, 0.717) is 0 Å². The molecule has 0 aliphatic carbocycles. The van der Waals surface area contributed by atoms with Gasteiger partial charge in [-0.15, -0.1) is 11.6 Å². The minimum atomic E-state index is -4.84. The Morgan fingerprint density at radius 2 is 2.11 bits per heavy atom. The second kappa shape index (κ2) is 5.27. The van der Waals surface area contributed by atoms with Crippen molar-refractivity contribution in [2.24, 2.45) is 0 Å². The fourth-order valence-corrected chi connectivity index (χ4v) is 1.62. The zero-order valence-corrected chi connectivity index (χ0v) is 9.89. The number of benzene rings is 1. The van der Waals surface area contributed by atoms with Gasteiger partial charge in [-0.2, -0.15) is 18.4 Å². The van der Waals surface area contributed by atoms with Crippen molar-refractivity contribution in [3.63, 3.8) is 0 Å². The third kappa shape index (κ3) is 2.57. The average Bonchev–Trinajstić information content (AvgIpc) is 2.34. The molecule has 0 spiro atoms. The SMILES string of the molecule is COc1ccc(C#N)c(C(F)(F)F)c1C(=O)CCl. The molecule has 1 rings (SSSR count). The van der Waals surface area contributed by atoms with Crippen molar-refractivity contribution < 1.29 is 22.7 Å². The van der Waals surface area contributed by atoms with Gasteiger partial charge in [-0.3, -0.25) is 4.79 Å². The number of hydrogen-bond donors (Lipinski definition) is 0. The van der Waals surface area contributed by atoms with Crippen LogP contribution in [0, 0.1) is 11.3 Å². The van der Waals surface area contributed by atoms with Crippen LogP contribution in [-0.2, 0) is 6.18 Å². The van der Waals surface area contributed by atoms with E-state index in [1.807, 2.05) is 0 Å². The molecule has 0 radical (unpaired) electrons. The number of ketones is 1. The van der Waals surface area contributed by atoms with Crippen LogP contribution in [0.25, 0.3) is 0 Å². The number of nitriles is 1. The van der Waals surface area contributed by atoms with Gasteiger partial charge >= 0.3 is 6.18 Å². The van der Waals surface area contributed by atoms with E-state index in [0.717, 1.165) is 19.2 Å². The normalized spacial score (nSPS) is 10.9. The smallest absolute Gasteiger partial charge is 0.418 e. The average molecular weight is 278 g/mol. The van der Waals surface area contributed by atoms with Crippen molar-refractivity contribution in [2.75, 3.05) is 13.0 Å². The lowest BCUT2D eigenvalue weighted by Gasteiger charge is -2.16. The minimum Gasteiger partial charge on any atom is -0.496 e. The predicted molar refractivity (Wildman–Crippen MR) is 57.8 cm³/mol. The molecule has 18 heavy (non-hydrogen) atoms. The van der Waals surface area contributed by atoms with Crippen molar-refractivity contribution in [2.45, 2.75) is 6.18 Å². The number of Topliss-reactive ketones (excluding diaryl/α,β-unsaturated/α-hetero) is 1. The van der Waals surface area contributed by atoms with Crippen LogP contribution in [0.1, 0.15) is 21.5 Å². The number of halogens is 4. The van der Waals surface area contributed by atoms with Gasteiger partial charge in [0.05, 0.1) is 35.7 Å². The number of methoxy groups -OCH3 is 1. The molecule has 0 aromatic heterocycles. The highest BCUT2D eigenvalue weighted by Crippen LogP contribution is 2.38. The van der Waals surface area contributed by atoms with Crippen molar-refractivity contribution in [1.82, 2.24) is 0 Å². The van der Waals surface area contributed by atoms with E-state index in [1.165, 1.54) is 6.07 Å². The molecule has 1 aromatic rings. The van der Waals surface area contributed by atoms with Gasteiger partial charge in [0.2, 0.25) is 0 Å². The van der Waals surface area contributed by atoms with E-state index in [1.54, 1.807) is 0 Å². The molecule has 3 nitrogen and oxygen atoms in total. The number of nitrogens with zero attached hydrogens (tertiary/aromatic N) is 1. The lowest BCUT2D eigenvalue weighted by molar-refractivity contribution is -0.138. The Kier molecular flexibility index (Phi) is 4.19. The molecule has 96 valence electrons. The summed E-state index contributed by atoms with van der Waals surface area (Å²) in [7, 11) is 1.13. The van der Waals surface area contributed by atoms with Crippen LogP contribution in [-0.4, -0.2) is 18.8 Å². The third-order valence-electron chi connectivity index (χ3n) is 2.19. The van der Waals surface area contributed by atoms with Gasteiger partial charge < -0.3 is 4.74 Å². The Labute approximate surface area is 106 Å². The highest BCUT2D eigenvalue weighted by atomic mass is 35.5. The Balaban J connectivity index is 3.71. The summed E-state index contributed by atoms with van der Waals surface area (Å²) in [6.07, 6.45) is -4.84. The van der Waals surface area contributed by atoms with Gasteiger partial charge in [0.1, 0.15) is 5.75 Å². The number of carbonyl (C=O) groups is 1. The molecule has 0 atom stereocenters. The first-order valence-electron chi connectivity index (χ1n) is 4.64. The van der Waals surface area contributed by atoms with Crippen molar-refractivity contribution in [1.29, 1.82) is 5.26 Å².